The van der Waals surface area contributed by atoms with Crippen LogP contribution in [0.4, 0.5) is 0 Å². The number of rotatable bonds is 5. The van der Waals surface area contributed by atoms with Crippen LogP contribution in [0.1, 0.15) is 11.7 Å². The van der Waals surface area contributed by atoms with Crippen molar-refractivity contribution in [3.63, 3.8) is 0 Å². The Hall–Kier alpha value is -1.75. The predicted octanol–water partition coefficient (Wildman–Crippen LogP) is 2.40. The molecule has 0 saturated carbocycles. The van der Waals surface area contributed by atoms with Gasteiger partial charge in [0.25, 0.3) is 5.89 Å². The number of benzene rings is 1. The normalized spacial score (nSPS) is 10.2. The Morgan fingerprint density at radius 1 is 1.24 bits per heavy atom. The molecule has 2 aromatic rings. The van der Waals surface area contributed by atoms with Crippen LogP contribution in [0.25, 0.3) is 0 Å². The lowest BCUT2D eigenvalue weighted by molar-refractivity contribution is 0.242. The second kappa shape index (κ2) is 5.54. The summed E-state index contributed by atoms with van der Waals surface area (Å²) in [5, 5.41) is 3.66. The zero-order valence-corrected chi connectivity index (χ0v) is 9.98. The maximum atomic E-state index is 5.55. The van der Waals surface area contributed by atoms with Crippen LogP contribution in [0.5, 0.6) is 11.5 Å². The number of ether oxygens (including phenoxy) is 2. The zero-order chi connectivity index (χ0) is 12.1. The summed E-state index contributed by atoms with van der Waals surface area (Å²) >= 11 is 5.55. The fraction of sp³-hybridized carbons (Fsp3) is 0.273. The average Bonchev–Trinajstić information content (AvgIpc) is 2.85. The molecule has 0 aliphatic carbocycles. The Kier molecular flexibility index (Phi) is 3.82. The number of aromatic nitrogens is 2. The molecule has 90 valence electrons. The summed E-state index contributed by atoms with van der Waals surface area (Å²) in [6.45, 7) is 0.218. The highest BCUT2D eigenvalue weighted by Gasteiger charge is 2.05. The van der Waals surface area contributed by atoms with Crippen molar-refractivity contribution in [1.82, 2.24) is 10.1 Å². The van der Waals surface area contributed by atoms with E-state index in [2.05, 4.69) is 10.1 Å². The minimum atomic E-state index is 0.218. The Morgan fingerprint density at radius 2 is 1.94 bits per heavy atom. The lowest BCUT2D eigenvalue weighted by Crippen LogP contribution is -1.96. The van der Waals surface area contributed by atoms with Crippen LogP contribution in [0.3, 0.4) is 0 Å². The van der Waals surface area contributed by atoms with E-state index in [0.717, 1.165) is 5.75 Å². The smallest absolute Gasteiger partial charge is 0.264 e. The molecule has 0 atom stereocenters. The third-order valence-electron chi connectivity index (χ3n) is 2.05. The SMILES string of the molecule is COc1ccc(OCc2nc(CCl)no2)cc1. The molecule has 0 spiro atoms. The van der Waals surface area contributed by atoms with Crippen LogP contribution < -0.4 is 9.47 Å². The van der Waals surface area contributed by atoms with Gasteiger partial charge in [0.1, 0.15) is 11.5 Å². The molecule has 0 unspecified atom stereocenters. The highest BCUT2D eigenvalue weighted by Crippen LogP contribution is 2.17. The molecule has 0 fully saturated rings. The molecule has 0 saturated heterocycles. The molecular weight excluding hydrogens is 244 g/mol. The summed E-state index contributed by atoms with van der Waals surface area (Å²) in [7, 11) is 1.61. The maximum Gasteiger partial charge on any atom is 0.264 e. The first-order valence-corrected chi connectivity index (χ1v) is 5.49. The number of alkyl halides is 1. The molecule has 0 aliphatic heterocycles. The molecule has 2 rings (SSSR count). The molecule has 1 heterocycles. The van der Waals surface area contributed by atoms with Gasteiger partial charge < -0.3 is 14.0 Å². The van der Waals surface area contributed by atoms with Crippen LogP contribution in [-0.4, -0.2) is 17.3 Å². The largest absolute Gasteiger partial charge is 0.497 e. The third-order valence-corrected chi connectivity index (χ3v) is 2.29. The van der Waals surface area contributed by atoms with E-state index in [1.165, 1.54) is 0 Å². The van der Waals surface area contributed by atoms with Gasteiger partial charge in [-0.05, 0) is 24.3 Å². The summed E-state index contributed by atoms with van der Waals surface area (Å²) in [5.41, 5.74) is 0. The molecule has 5 nitrogen and oxygen atoms in total. The molecule has 0 amide bonds. The van der Waals surface area contributed by atoms with Crippen molar-refractivity contribution in [2.45, 2.75) is 12.5 Å². The second-order valence-electron chi connectivity index (χ2n) is 3.20. The molecule has 0 radical (unpaired) electrons. The quantitative estimate of drug-likeness (QED) is 0.767. The van der Waals surface area contributed by atoms with Gasteiger partial charge in [0, 0.05) is 0 Å². The van der Waals surface area contributed by atoms with Crippen molar-refractivity contribution in [2.24, 2.45) is 0 Å². The van der Waals surface area contributed by atoms with Gasteiger partial charge in [0.2, 0.25) is 0 Å². The van der Waals surface area contributed by atoms with E-state index < -0.39 is 0 Å². The summed E-state index contributed by atoms with van der Waals surface area (Å²) in [4.78, 5) is 4.02. The van der Waals surface area contributed by atoms with E-state index in [9.17, 15) is 0 Å². The number of hydrogen-bond donors (Lipinski definition) is 0. The number of nitrogens with zero attached hydrogens (tertiary/aromatic N) is 2. The molecule has 6 heteroatoms. The van der Waals surface area contributed by atoms with Crippen molar-refractivity contribution in [2.75, 3.05) is 7.11 Å². The van der Waals surface area contributed by atoms with Crippen molar-refractivity contribution in [3.8, 4) is 11.5 Å². The number of hydrogen-bond acceptors (Lipinski definition) is 5. The Morgan fingerprint density at radius 3 is 2.53 bits per heavy atom. The molecule has 0 N–H and O–H groups in total. The van der Waals surface area contributed by atoms with E-state index in [4.69, 9.17) is 25.6 Å². The summed E-state index contributed by atoms with van der Waals surface area (Å²) in [6, 6.07) is 7.23. The highest BCUT2D eigenvalue weighted by atomic mass is 35.5. The number of halogens is 1. The van der Waals surface area contributed by atoms with Crippen molar-refractivity contribution >= 4 is 11.6 Å². The zero-order valence-electron chi connectivity index (χ0n) is 9.22. The third kappa shape index (κ3) is 3.10. The van der Waals surface area contributed by atoms with E-state index in [1.807, 2.05) is 12.1 Å². The summed E-state index contributed by atoms with van der Waals surface area (Å²) in [6.07, 6.45) is 0. The average molecular weight is 255 g/mol. The Bertz CT molecular complexity index is 470. The Balaban J connectivity index is 1.92. The lowest BCUT2D eigenvalue weighted by atomic mass is 10.3. The summed E-state index contributed by atoms with van der Waals surface area (Å²) < 4.78 is 15.4. The first-order valence-electron chi connectivity index (χ1n) is 4.96. The van der Waals surface area contributed by atoms with Crippen molar-refractivity contribution < 1.29 is 14.0 Å². The molecular formula is C11H11ClN2O3. The second-order valence-corrected chi connectivity index (χ2v) is 3.47. The van der Waals surface area contributed by atoms with Gasteiger partial charge in [-0.2, -0.15) is 4.98 Å². The topological polar surface area (TPSA) is 57.4 Å². The van der Waals surface area contributed by atoms with Crippen molar-refractivity contribution in [1.29, 1.82) is 0 Å². The molecule has 0 aliphatic rings. The van der Waals surface area contributed by atoms with Crippen LogP contribution >= 0.6 is 11.6 Å². The van der Waals surface area contributed by atoms with E-state index >= 15 is 0 Å². The van der Waals surface area contributed by atoms with Crippen LogP contribution in [-0.2, 0) is 12.5 Å². The standard InChI is InChI=1S/C11H11ClN2O3/c1-15-8-2-4-9(5-3-8)16-7-11-13-10(6-12)14-17-11/h2-5H,6-7H2,1H3. The van der Waals surface area contributed by atoms with E-state index in [1.54, 1.807) is 19.2 Å². The van der Waals surface area contributed by atoms with Gasteiger partial charge in [-0.3, -0.25) is 0 Å². The fourth-order valence-electron chi connectivity index (χ4n) is 1.22. The van der Waals surface area contributed by atoms with Gasteiger partial charge in [0.15, 0.2) is 12.4 Å². The van der Waals surface area contributed by atoms with Gasteiger partial charge in [0.05, 0.1) is 13.0 Å². The van der Waals surface area contributed by atoms with Gasteiger partial charge in [-0.15, -0.1) is 11.6 Å². The first-order chi connectivity index (χ1) is 8.31. The first kappa shape index (κ1) is 11.7. The molecule has 1 aromatic heterocycles. The van der Waals surface area contributed by atoms with E-state index in [0.29, 0.717) is 17.5 Å². The predicted molar refractivity (Wildman–Crippen MR) is 61.2 cm³/mol. The van der Waals surface area contributed by atoms with Crippen LogP contribution in [0, 0.1) is 0 Å². The monoisotopic (exact) mass is 254 g/mol. The summed E-state index contributed by atoms with van der Waals surface area (Å²) in [5.74, 6) is 2.57. The minimum absolute atomic E-state index is 0.218. The maximum absolute atomic E-state index is 5.55. The van der Waals surface area contributed by atoms with Gasteiger partial charge >= 0.3 is 0 Å². The van der Waals surface area contributed by atoms with Gasteiger partial charge in [-0.1, -0.05) is 5.16 Å². The van der Waals surface area contributed by atoms with Crippen LogP contribution in [0.2, 0.25) is 0 Å². The van der Waals surface area contributed by atoms with E-state index in [-0.39, 0.29) is 12.5 Å². The number of methoxy groups -OCH3 is 1. The molecule has 0 bridgehead atoms. The minimum Gasteiger partial charge on any atom is -0.497 e. The fourth-order valence-corrected chi connectivity index (χ4v) is 1.33. The Labute approximate surface area is 103 Å². The van der Waals surface area contributed by atoms with Gasteiger partial charge in [-0.25, -0.2) is 0 Å². The van der Waals surface area contributed by atoms with Crippen molar-refractivity contribution in [3.05, 3.63) is 36.0 Å². The molecule has 1 aromatic carbocycles. The molecule has 17 heavy (non-hydrogen) atoms. The lowest BCUT2D eigenvalue weighted by Gasteiger charge is -2.04. The highest BCUT2D eigenvalue weighted by molar-refractivity contribution is 6.16. The van der Waals surface area contributed by atoms with Crippen LogP contribution in [0.15, 0.2) is 28.8 Å².